The third-order valence-electron chi connectivity index (χ3n) is 5.15. The normalized spacial score (nSPS) is 15.0. The Morgan fingerprint density at radius 2 is 1.63 bits per heavy atom. The number of carbonyl (C=O) groups excluding carboxylic acids is 1. The number of rotatable bonds is 9. The van der Waals surface area contributed by atoms with Gasteiger partial charge in [0.25, 0.3) is 0 Å². The summed E-state index contributed by atoms with van der Waals surface area (Å²) in [5.74, 6) is 1.35. The third-order valence-corrected chi connectivity index (χ3v) is 5.15. The number of ether oxygens (including phenoxy) is 2. The monoisotopic (exact) mass is 411 g/mol. The summed E-state index contributed by atoms with van der Waals surface area (Å²) in [5.41, 5.74) is 3.37. The van der Waals surface area contributed by atoms with Gasteiger partial charge < -0.3 is 14.8 Å². The van der Waals surface area contributed by atoms with Crippen LogP contribution in [0.1, 0.15) is 25.0 Å². The van der Waals surface area contributed by atoms with Crippen molar-refractivity contribution >= 4 is 11.6 Å². The molecular weight excluding hydrogens is 378 g/mol. The number of piperazine rings is 1. The number of hydrogen-bond donors (Lipinski definition) is 1. The number of hydrogen-bond acceptors (Lipinski definition) is 5. The largest absolute Gasteiger partial charge is 0.490 e. The van der Waals surface area contributed by atoms with Gasteiger partial charge in [0.05, 0.1) is 19.8 Å². The van der Waals surface area contributed by atoms with Gasteiger partial charge in [0.2, 0.25) is 5.91 Å². The minimum Gasteiger partial charge on any atom is -0.490 e. The van der Waals surface area contributed by atoms with Gasteiger partial charge in [-0.15, -0.1) is 0 Å². The van der Waals surface area contributed by atoms with E-state index in [1.807, 2.05) is 32.0 Å². The van der Waals surface area contributed by atoms with Crippen molar-refractivity contribution in [2.24, 2.45) is 0 Å². The van der Waals surface area contributed by atoms with E-state index >= 15 is 0 Å². The van der Waals surface area contributed by atoms with Gasteiger partial charge in [0, 0.05) is 44.5 Å². The Morgan fingerprint density at radius 3 is 2.33 bits per heavy atom. The summed E-state index contributed by atoms with van der Waals surface area (Å²) < 4.78 is 11.2. The van der Waals surface area contributed by atoms with Gasteiger partial charge in [0.1, 0.15) is 0 Å². The van der Waals surface area contributed by atoms with Crippen molar-refractivity contribution in [1.29, 1.82) is 0 Å². The third kappa shape index (κ3) is 6.47. The maximum absolute atomic E-state index is 12.5. The highest BCUT2D eigenvalue weighted by atomic mass is 16.5. The number of amides is 1. The maximum Gasteiger partial charge on any atom is 0.238 e. The number of nitrogens with one attached hydrogen (secondary N) is 1. The molecule has 1 aliphatic heterocycles. The first-order valence-corrected chi connectivity index (χ1v) is 10.8. The lowest BCUT2D eigenvalue weighted by molar-refractivity contribution is -0.117. The first-order chi connectivity index (χ1) is 14.6. The Kier molecular flexibility index (Phi) is 8.11. The lowest BCUT2D eigenvalue weighted by Gasteiger charge is -2.34. The van der Waals surface area contributed by atoms with Crippen molar-refractivity contribution in [3.05, 3.63) is 53.6 Å². The molecular formula is C24H33N3O3. The van der Waals surface area contributed by atoms with Crippen LogP contribution in [-0.4, -0.2) is 61.6 Å². The van der Waals surface area contributed by atoms with Crippen LogP contribution in [0.15, 0.2) is 42.5 Å². The second kappa shape index (κ2) is 11.0. The Hall–Kier alpha value is -2.57. The molecule has 0 unspecified atom stereocenters. The van der Waals surface area contributed by atoms with Crippen molar-refractivity contribution < 1.29 is 14.3 Å². The minimum atomic E-state index is -0.00579. The summed E-state index contributed by atoms with van der Waals surface area (Å²) in [6.07, 6.45) is 0. The van der Waals surface area contributed by atoms with E-state index < -0.39 is 0 Å². The average molecular weight is 412 g/mol. The first kappa shape index (κ1) is 22.1. The Labute approximate surface area is 179 Å². The van der Waals surface area contributed by atoms with Crippen LogP contribution < -0.4 is 14.8 Å². The van der Waals surface area contributed by atoms with Gasteiger partial charge >= 0.3 is 0 Å². The summed E-state index contributed by atoms with van der Waals surface area (Å²) in [5, 5.41) is 2.98. The number of aryl methyl sites for hydroxylation is 1. The zero-order valence-electron chi connectivity index (χ0n) is 18.3. The number of carbonyl (C=O) groups is 1. The highest BCUT2D eigenvalue weighted by Gasteiger charge is 2.19. The van der Waals surface area contributed by atoms with Crippen LogP contribution in [0.5, 0.6) is 11.5 Å². The molecule has 0 aromatic heterocycles. The predicted molar refractivity (Wildman–Crippen MR) is 120 cm³/mol. The molecule has 30 heavy (non-hydrogen) atoms. The van der Waals surface area contributed by atoms with Crippen LogP contribution in [0, 0.1) is 6.92 Å². The zero-order valence-corrected chi connectivity index (χ0v) is 18.3. The summed E-state index contributed by atoms with van der Waals surface area (Å²) in [7, 11) is 0. The van der Waals surface area contributed by atoms with Crippen molar-refractivity contribution in [2.45, 2.75) is 27.3 Å². The molecule has 6 heteroatoms. The summed E-state index contributed by atoms with van der Waals surface area (Å²) in [4.78, 5) is 17.2. The molecule has 1 fully saturated rings. The van der Waals surface area contributed by atoms with E-state index in [0.717, 1.165) is 38.4 Å². The van der Waals surface area contributed by atoms with E-state index in [1.54, 1.807) is 0 Å². The van der Waals surface area contributed by atoms with Gasteiger partial charge in [-0.2, -0.15) is 0 Å². The standard InChI is InChI=1S/C24H33N3O3/c1-4-29-22-10-9-21(16-23(22)30-5-2)25-24(28)18-27-13-11-26(12-14-27)17-20-8-6-7-19(3)15-20/h6-10,15-16H,4-5,11-14,17-18H2,1-3H3,(H,25,28). The molecule has 1 heterocycles. The van der Waals surface area contributed by atoms with Gasteiger partial charge in [0.15, 0.2) is 11.5 Å². The molecule has 0 radical (unpaired) electrons. The minimum absolute atomic E-state index is 0.00579. The molecule has 0 atom stereocenters. The molecule has 0 saturated carbocycles. The fourth-order valence-electron chi connectivity index (χ4n) is 3.71. The second-order valence-electron chi connectivity index (χ2n) is 7.62. The van der Waals surface area contributed by atoms with E-state index in [9.17, 15) is 4.79 Å². The molecule has 1 amide bonds. The van der Waals surface area contributed by atoms with Crippen LogP contribution in [-0.2, 0) is 11.3 Å². The smallest absolute Gasteiger partial charge is 0.238 e. The molecule has 3 rings (SSSR count). The molecule has 2 aromatic rings. The fourth-order valence-corrected chi connectivity index (χ4v) is 3.71. The van der Waals surface area contributed by atoms with Crippen molar-refractivity contribution in [3.63, 3.8) is 0 Å². The lowest BCUT2D eigenvalue weighted by Crippen LogP contribution is -2.48. The van der Waals surface area contributed by atoms with Crippen LogP contribution in [0.4, 0.5) is 5.69 Å². The van der Waals surface area contributed by atoms with Crippen molar-refractivity contribution in [3.8, 4) is 11.5 Å². The summed E-state index contributed by atoms with van der Waals surface area (Å²) in [6.45, 7) is 12.2. The quantitative estimate of drug-likeness (QED) is 0.684. The highest BCUT2D eigenvalue weighted by Crippen LogP contribution is 2.30. The van der Waals surface area contributed by atoms with E-state index in [2.05, 4.69) is 46.3 Å². The molecule has 1 saturated heterocycles. The predicted octanol–water partition coefficient (Wildman–Crippen LogP) is 3.55. The topological polar surface area (TPSA) is 54.0 Å². The Bertz CT molecular complexity index is 832. The van der Waals surface area contributed by atoms with Gasteiger partial charge in [-0.05, 0) is 38.5 Å². The van der Waals surface area contributed by atoms with Gasteiger partial charge in [-0.1, -0.05) is 29.8 Å². The maximum atomic E-state index is 12.5. The van der Waals surface area contributed by atoms with Crippen molar-refractivity contribution in [1.82, 2.24) is 9.80 Å². The van der Waals surface area contributed by atoms with Crippen LogP contribution in [0.2, 0.25) is 0 Å². The lowest BCUT2D eigenvalue weighted by atomic mass is 10.1. The summed E-state index contributed by atoms with van der Waals surface area (Å²) >= 11 is 0. The molecule has 0 spiro atoms. The first-order valence-electron chi connectivity index (χ1n) is 10.8. The molecule has 2 aromatic carbocycles. The van der Waals surface area contributed by atoms with E-state index in [0.29, 0.717) is 31.3 Å². The zero-order chi connectivity index (χ0) is 21.3. The second-order valence-corrected chi connectivity index (χ2v) is 7.62. The van der Waals surface area contributed by atoms with Crippen LogP contribution >= 0.6 is 0 Å². The fraction of sp³-hybridized carbons (Fsp3) is 0.458. The molecule has 1 N–H and O–H groups in total. The number of nitrogens with zero attached hydrogens (tertiary/aromatic N) is 2. The molecule has 0 bridgehead atoms. The van der Waals surface area contributed by atoms with Crippen molar-refractivity contribution in [2.75, 3.05) is 51.3 Å². The number of benzene rings is 2. The molecule has 0 aliphatic carbocycles. The molecule has 1 aliphatic rings. The van der Waals surface area contributed by atoms with E-state index in [-0.39, 0.29) is 5.91 Å². The van der Waals surface area contributed by atoms with E-state index in [1.165, 1.54) is 11.1 Å². The molecule has 6 nitrogen and oxygen atoms in total. The van der Waals surface area contributed by atoms with Gasteiger partial charge in [-0.25, -0.2) is 0 Å². The van der Waals surface area contributed by atoms with Crippen LogP contribution in [0.25, 0.3) is 0 Å². The number of anilines is 1. The average Bonchev–Trinajstić information content (AvgIpc) is 2.72. The SMILES string of the molecule is CCOc1ccc(NC(=O)CN2CCN(Cc3cccc(C)c3)CC2)cc1OCC. The van der Waals surface area contributed by atoms with E-state index in [4.69, 9.17) is 9.47 Å². The Balaban J connectivity index is 1.47. The van der Waals surface area contributed by atoms with Gasteiger partial charge in [-0.3, -0.25) is 14.6 Å². The molecule has 162 valence electrons. The van der Waals surface area contributed by atoms with Crippen LogP contribution in [0.3, 0.4) is 0 Å². The highest BCUT2D eigenvalue weighted by molar-refractivity contribution is 5.92. The Morgan fingerprint density at radius 1 is 0.933 bits per heavy atom. The summed E-state index contributed by atoms with van der Waals surface area (Å²) in [6, 6.07) is 14.2.